The Morgan fingerprint density at radius 1 is 1.12 bits per heavy atom. The van der Waals surface area contributed by atoms with Gasteiger partial charge in [0.1, 0.15) is 0 Å². The van der Waals surface area contributed by atoms with E-state index in [2.05, 4.69) is 15.4 Å². The van der Waals surface area contributed by atoms with Crippen LogP contribution in [0.5, 0.6) is 0 Å². The number of likely N-dealkylation sites (N-methyl/N-ethyl adjacent to an activating group) is 1. The van der Waals surface area contributed by atoms with Gasteiger partial charge in [-0.1, -0.05) is 12.1 Å². The van der Waals surface area contributed by atoms with Crippen LogP contribution in [0.4, 0.5) is 0 Å². The van der Waals surface area contributed by atoms with Gasteiger partial charge in [0.05, 0.1) is 13.0 Å². The standard InChI is InChI=1S/C17H20N6O2/c1-21-14-8-7-13(16(21)24)9-23(10-14)17(25)12-5-3-11(4-6-12)15-18-20-22(2)19-15/h3-6,13-14H,7-10H2,1-2H3. The molecular weight excluding hydrogens is 320 g/mol. The van der Waals surface area contributed by atoms with Gasteiger partial charge in [-0.2, -0.15) is 4.80 Å². The molecular formula is C17H20N6O2. The number of benzene rings is 1. The summed E-state index contributed by atoms with van der Waals surface area (Å²) >= 11 is 0. The molecule has 2 aromatic rings. The molecule has 3 saturated heterocycles. The average molecular weight is 340 g/mol. The fraction of sp³-hybridized carbons (Fsp3) is 0.471. The Morgan fingerprint density at radius 3 is 2.56 bits per heavy atom. The van der Waals surface area contributed by atoms with Crippen molar-refractivity contribution in [2.45, 2.75) is 18.9 Å². The Hall–Kier alpha value is -2.77. The SMILES string of the molecule is CN1C(=O)C2CCC1CN(C(=O)c1ccc(-c3nnn(C)n3)cc1)C2. The molecule has 1 aromatic heterocycles. The molecule has 2 atom stereocenters. The number of carbonyl (C=O) groups excluding carboxylic acids is 2. The minimum Gasteiger partial charge on any atom is -0.341 e. The van der Waals surface area contributed by atoms with Crippen LogP contribution < -0.4 is 0 Å². The van der Waals surface area contributed by atoms with Gasteiger partial charge in [-0.05, 0) is 30.2 Å². The van der Waals surface area contributed by atoms with Crippen molar-refractivity contribution in [2.24, 2.45) is 13.0 Å². The van der Waals surface area contributed by atoms with E-state index in [0.29, 0.717) is 24.5 Å². The van der Waals surface area contributed by atoms with Gasteiger partial charge in [0.2, 0.25) is 11.7 Å². The molecule has 2 unspecified atom stereocenters. The van der Waals surface area contributed by atoms with Gasteiger partial charge in [0.15, 0.2) is 0 Å². The highest BCUT2D eigenvalue weighted by Gasteiger charge is 2.40. The van der Waals surface area contributed by atoms with Crippen LogP contribution in [-0.4, -0.2) is 68.0 Å². The van der Waals surface area contributed by atoms with Crippen molar-refractivity contribution in [1.29, 1.82) is 0 Å². The molecule has 4 heterocycles. The first-order valence-corrected chi connectivity index (χ1v) is 8.43. The van der Waals surface area contributed by atoms with Crippen molar-refractivity contribution >= 4 is 11.8 Å². The zero-order valence-corrected chi connectivity index (χ0v) is 14.3. The number of piperidine rings is 1. The van der Waals surface area contributed by atoms with E-state index in [4.69, 9.17) is 0 Å². The topological polar surface area (TPSA) is 84.2 Å². The normalized spacial score (nSPS) is 23.0. The average Bonchev–Trinajstić information content (AvgIpc) is 2.88. The molecule has 0 radical (unpaired) electrons. The number of hydrogen-bond donors (Lipinski definition) is 0. The summed E-state index contributed by atoms with van der Waals surface area (Å²) < 4.78 is 0. The van der Waals surface area contributed by atoms with Crippen molar-refractivity contribution in [3.8, 4) is 11.4 Å². The zero-order chi connectivity index (χ0) is 17.6. The van der Waals surface area contributed by atoms with Crippen LogP contribution in [0, 0.1) is 5.92 Å². The Morgan fingerprint density at radius 2 is 1.88 bits per heavy atom. The van der Waals surface area contributed by atoms with Crippen LogP contribution in [0.3, 0.4) is 0 Å². The predicted molar refractivity (Wildman–Crippen MR) is 89.4 cm³/mol. The summed E-state index contributed by atoms with van der Waals surface area (Å²) in [6.45, 7) is 1.11. The first-order chi connectivity index (χ1) is 12.0. The summed E-state index contributed by atoms with van der Waals surface area (Å²) in [5, 5.41) is 11.9. The molecule has 0 aliphatic carbocycles. The van der Waals surface area contributed by atoms with Crippen LogP contribution in [0.1, 0.15) is 23.2 Å². The Balaban J connectivity index is 1.54. The maximum absolute atomic E-state index is 12.9. The highest BCUT2D eigenvalue weighted by Crippen LogP contribution is 2.29. The van der Waals surface area contributed by atoms with Crippen molar-refractivity contribution in [3.05, 3.63) is 29.8 Å². The van der Waals surface area contributed by atoms with E-state index in [1.807, 2.05) is 29.0 Å². The molecule has 8 nitrogen and oxygen atoms in total. The van der Waals surface area contributed by atoms with Crippen LogP contribution >= 0.6 is 0 Å². The summed E-state index contributed by atoms with van der Waals surface area (Å²) in [7, 11) is 3.55. The molecule has 3 fully saturated rings. The molecule has 2 amide bonds. The quantitative estimate of drug-likeness (QED) is 0.798. The number of fused-ring (bicyclic) bond motifs is 4. The van der Waals surface area contributed by atoms with E-state index in [9.17, 15) is 9.59 Å². The number of carbonyl (C=O) groups is 2. The van der Waals surface area contributed by atoms with Gasteiger partial charge in [0, 0.05) is 37.3 Å². The lowest BCUT2D eigenvalue weighted by Gasteiger charge is -2.32. The Kier molecular flexibility index (Phi) is 3.74. The number of aryl methyl sites for hydroxylation is 1. The van der Waals surface area contributed by atoms with Crippen LogP contribution in [0.25, 0.3) is 11.4 Å². The predicted octanol–water partition coefficient (Wildman–Crippen LogP) is 0.570. The number of aromatic nitrogens is 4. The summed E-state index contributed by atoms with van der Waals surface area (Å²) in [5.74, 6) is 0.589. The second-order valence-electron chi connectivity index (χ2n) is 6.77. The second kappa shape index (κ2) is 5.94. The summed E-state index contributed by atoms with van der Waals surface area (Å²) in [5.41, 5.74) is 1.43. The fourth-order valence-electron chi connectivity index (χ4n) is 3.67. The maximum atomic E-state index is 12.9. The molecule has 130 valence electrons. The van der Waals surface area contributed by atoms with E-state index < -0.39 is 0 Å². The molecule has 0 saturated carbocycles. The van der Waals surface area contributed by atoms with Gasteiger partial charge in [0.25, 0.3) is 5.91 Å². The minimum atomic E-state index is -0.0734. The monoisotopic (exact) mass is 340 g/mol. The van der Waals surface area contributed by atoms with Crippen molar-refractivity contribution < 1.29 is 9.59 Å². The fourth-order valence-corrected chi connectivity index (χ4v) is 3.67. The molecule has 3 aliphatic heterocycles. The smallest absolute Gasteiger partial charge is 0.253 e. The van der Waals surface area contributed by atoms with Crippen LogP contribution in [0.2, 0.25) is 0 Å². The van der Waals surface area contributed by atoms with Gasteiger partial charge < -0.3 is 9.80 Å². The third-order valence-corrected chi connectivity index (χ3v) is 5.15. The molecule has 0 N–H and O–H groups in total. The number of hydrogen-bond acceptors (Lipinski definition) is 5. The molecule has 5 rings (SSSR count). The summed E-state index contributed by atoms with van der Waals surface area (Å²) in [6, 6.07) is 7.35. The van der Waals surface area contributed by atoms with Crippen molar-refractivity contribution in [1.82, 2.24) is 30.0 Å². The molecule has 1 aromatic carbocycles. The Labute approximate surface area is 145 Å². The van der Waals surface area contributed by atoms with E-state index in [1.165, 1.54) is 4.80 Å². The van der Waals surface area contributed by atoms with E-state index in [-0.39, 0.29) is 23.8 Å². The molecule has 0 spiro atoms. The molecule has 8 heteroatoms. The third-order valence-electron chi connectivity index (χ3n) is 5.15. The lowest BCUT2D eigenvalue weighted by molar-refractivity contribution is -0.138. The van der Waals surface area contributed by atoms with Crippen LogP contribution in [-0.2, 0) is 11.8 Å². The van der Waals surface area contributed by atoms with E-state index in [1.54, 1.807) is 19.2 Å². The van der Waals surface area contributed by atoms with Gasteiger partial charge in [-0.25, -0.2) is 0 Å². The van der Waals surface area contributed by atoms with Crippen molar-refractivity contribution in [2.75, 3.05) is 20.1 Å². The highest BCUT2D eigenvalue weighted by molar-refractivity contribution is 5.95. The lowest BCUT2D eigenvalue weighted by Crippen LogP contribution is -2.45. The first kappa shape index (κ1) is 15.7. The maximum Gasteiger partial charge on any atom is 0.253 e. The van der Waals surface area contributed by atoms with Gasteiger partial charge >= 0.3 is 0 Å². The largest absolute Gasteiger partial charge is 0.341 e. The first-order valence-electron chi connectivity index (χ1n) is 8.43. The van der Waals surface area contributed by atoms with E-state index in [0.717, 1.165) is 18.4 Å². The van der Waals surface area contributed by atoms with Crippen LogP contribution in [0.15, 0.2) is 24.3 Å². The van der Waals surface area contributed by atoms with Crippen molar-refractivity contribution in [3.63, 3.8) is 0 Å². The lowest BCUT2D eigenvalue weighted by atomic mass is 9.95. The number of tetrazole rings is 1. The number of nitrogens with zero attached hydrogens (tertiary/aromatic N) is 6. The molecule has 2 bridgehead atoms. The Bertz CT molecular complexity index is 815. The second-order valence-corrected chi connectivity index (χ2v) is 6.77. The number of rotatable bonds is 2. The third kappa shape index (κ3) is 2.77. The molecule has 3 aliphatic rings. The van der Waals surface area contributed by atoms with Gasteiger partial charge in [-0.15, -0.1) is 10.2 Å². The summed E-state index contributed by atoms with van der Waals surface area (Å²) in [6.07, 6.45) is 1.84. The number of amides is 2. The molecule has 25 heavy (non-hydrogen) atoms. The van der Waals surface area contributed by atoms with E-state index >= 15 is 0 Å². The highest BCUT2D eigenvalue weighted by atomic mass is 16.2. The minimum absolute atomic E-state index is 0.0290. The summed E-state index contributed by atoms with van der Waals surface area (Å²) in [4.78, 5) is 30.2. The zero-order valence-electron chi connectivity index (χ0n) is 14.3. The van der Waals surface area contributed by atoms with Gasteiger partial charge in [-0.3, -0.25) is 9.59 Å².